The zero-order valence-electron chi connectivity index (χ0n) is 12.8. The minimum Gasteiger partial charge on any atom is -0.307 e. The quantitative estimate of drug-likeness (QED) is 0.775. The number of carbonyl (C=O) groups is 1. The molecule has 1 amide bonds. The van der Waals surface area contributed by atoms with E-state index in [2.05, 4.69) is 15.8 Å². The van der Waals surface area contributed by atoms with Crippen LogP contribution in [0.2, 0.25) is 0 Å². The number of hydrogen-bond donors (Lipinski definition) is 2. The van der Waals surface area contributed by atoms with Crippen molar-refractivity contribution >= 4 is 11.7 Å². The second kappa shape index (κ2) is 6.00. The van der Waals surface area contributed by atoms with Crippen molar-refractivity contribution in [2.24, 2.45) is 5.10 Å². The Balaban J connectivity index is 1.86. The Labute approximate surface area is 138 Å². The molecule has 6 nitrogen and oxygen atoms in total. The van der Waals surface area contributed by atoms with Gasteiger partial charge < -0.3 is 5.32 Å². The highest BCUT2D eigenvalue weighted by Crippen LogP contribution is 2.24. The highest BCUT2D eigenvalue weighted by atomic mass is 16.2. The summed E-state index contributed by atoms with van der Waals surface area (Å²) in [5, 5.41) is 11.7. The Bertz CT molecular complexity index is 900. The second-order valence-electron chi connectivity index (χ2n) is 5.38. The Morgan fingerprint density at radius 1 is 0.958 bits per heavy atom. The van der Waals surface area contributed by atoms with Crippen LogP contribution >= 0.6 is 0 Å². The molecule has 0 spiro atoms. The maximum absolute atomic E-state index is 11.7. The molecule has 6 heteroatoms. The van der Waals surface area contributed by atoms with Crippen LogP contribution in [0.15, 0.2) is 72.0 Å². The molecule has 0 atom stereocenters. The van der Waals surface area contributed by atoms with E-state index in [1.165, 1.54) is 0 Å². The highest BCUT2D eigenvalue weighted by molar-refractivity contribution is 6.12. The first-order chi connectivity index (χ1) is 11.8. The first-order valence-electron chi connectivity index (χ1n) is 7.62. The van der Waals surface area contributed by atoms with Crippen molar-refractivity contribution in [2.75, 3.05) is 6.54 Å². The van der Waals surface area contributed by atoms with Gasteiger partial charge in [0.15, 0.2) is 5.84 Å². The number of para-hydroxylation sites is 1. The van der Waals surface area contributed by atoms with E-state index in [9.17, 15) is 4.79 Å². The summed E-state index contributed by atoms with van der Waals surface area (Å²) in [6.45, 7) is 0.178. The van der Waals surface area contributed by atoms with Crippen LogP contribution in [0.1, 0.15) is 5.56 Å². The van der Waals surface area contributed by atoms with Crippen LogP contribution < -0.4 is 10.7 Å². The summed E-state index contributed by atoms with van der Waals surface area (Å²) in [5.74, 6) is 0.360. The summed E-state index contributed by atoms with van der Waals surface area (Å²) in [7, 11) is 0. The fourth-order valence-electron chi connectivity index (χ4n) is 2.59. The lowest BCUT2D eigenvalue weighted by Gasteiger charge is -2.13. The van der Waals surface area contributed by atoms with Crippen LogP contribution in [-0.2, 0) is 4.79 Å². The number of nitrogens with one attached hydrogen (secondary N) is 2. The van der Waals surface area contributed by atoms with Gasteiger partial charge in [0.1, 0.15) is 12.2 Å². The molecule has 1 aliphatic heterocycles. The SMILES string of the molecule is O=C1CNN=C(c2cn(-c3ccccc3)nc2-c2ccccc2)N1. The summed E-state index contributed by atoms with van der Waals surface area (Å²) in [6, 6.07) is 19.7. The average molecular weight is 317 g/mol. The number of nitrogens with zero attached hydrogens (tertiary/aromatic N) is 3. The van der Waals surface area contributed by atoms with E-state index in [0.717, 1.165) is 22.5 Å². The van der Waals surface area contributed by atoms with Crippen LogP contribution in [0, 0.1) is 0 Å². The molecule has 0 radical (unpaired) electrons. The van der Waals surface area contributed by atoms with E-state index in [1.54, 1.807) is 4.68 Å². The number of amides is 1. The van der Waals surface area contributed by atoms with Crippen molar-refractivity contribution in [3.8, 4) is 16.9 Å². The second-order valence-corrected chi connectivity index (χ2v) is 5.38. The molecule has 3 aromatic rings. The van der Waals surface area contributed by atoms with E-state index >= 15 is 0 Å². The average Bonchev–Trinajstić information content (AvgIpc) is 3.09. The molecule has 0 bridgehead atoms. The van der Waals surface area contributed by atoms with Gasteiger partial charge in [0.05, 0.1) is 11.3 Å². The van der Waals surface area contributed by atoms with E-state index in [1.807, 2.05) is 66.9 Å². The number of hydrazone groups is 1. The zero-order valence-corrected chi connectivity index (χ0v) is 12.8. The van der Waals surface area contributed by atoms with Crippen LogP contribution in [-0.4, -0.2) is 28.1 Å². The molecule has 0 saturated heterocycles. The Morgan fingerprint density at radius 2 is 1.67 bits per heavy atom. The summed E-state index contributed by atoms with van der Waals surface area (Å²) >= 11 is 0. The summed E-state index contributed by atoms with van der Waals surface area (Å²) in [4.78, 5) is 11.7. The smallest absolute Gasteiger partial charge is 0.246 e. The van der Waals surface area contributed by atoms with Crippen molar-refractivity contribution in [1.82, 2.24) is 20.5 Å². The van der Waals surface area contributed by atoms with Crippen molar-refractivity contribution in [3.05, 3.63) is 72.4 Å². The minimum atomic E-state index is -0.119. The Morgan fingerprint density at radius 3 is 2.38 bits per heavy atom. The largest absolute Gasteiger partial charge is 0.307 e. The van der Waals surface area contributed by atoms with Gasteiger partial charge in [0.2, 0.25) is 5.91 Å². The van der Waals surface area contributed by atoms with Gasteiger partial charge in [-0.1, -0.05) is 48.5 Å². The van der Waals surface area contributed by atoms with E-state index in [-0.39, 0.29) is 12.5 Å². The van der Waals surface area contributed by atoms with Gasteiger partial charge in [-0.3, -0.25) is 10.2 Å². The molecule has 2 heterocycles. The monoisotopic (exact) mass is 317 g/mol. The van der Waals surface area contributed by atoms with Gasteiger partial charge in [-0.25, -0.2) is 4.68 Å². The topological polar surface area (TPSA) is 71.3 Å². The lowest BCUT2D eigenvalue weighted by atomic mass is 10.1. The zero-order chi connectivity index (χ0) is 16.4. The van der Waals surface area contributed by atoms with Crippen LogP contribution in [0.4, 0.5) is 0 Å². The van der Waals surface area contributed by atoms with Crippen molar-refractivity contribution in [3.63, 3.8) is 0 Å². The summed E-state index contributed by atoms with van der Waals surface area (Å²) < 4.78 is 1.79. The predicted octanol–water partition coefficient (Wildman–Crippen LogP) is 1.92. The molecule has 118 valence electrons. The third kappa shape index (κ3) is 2.65. The van der Waals surface area contributed by atoms with Crippen LogP contribution in [0.25, 0.3) is 16.9 Å². The standard InChI is InChI=1S/C18H15N5O/c24-16-11-19-21-18(20-16)15-12-23(14-9-5-2-6-10-14)22-17(15)13-7-3-1-4-8-13/h1-10,12,19H,11H2,(H,20,21,24). The first-order valence-corrected chi connectivity index (χ1v) is 7.62. The molecular weight excluding hydrogens is 302 g/mol. The molecule has 2 N–H and O–H groups in total. The van der Waals surface area contributed by atoms with Gasteiger partial charge in [-0.2, -0.15) is 10.2 Å². The van der Waals surface area contributed by atoms with E-state index < -0.39 is 0 Å². The van der Waals surface area contributed by atoms with Gasteiger partial charge in [-0.05, 0) is 12.1 Å². The summed E-state index contributed by atoms with van der Waals surface area (Å²) in [6.07, 6.45) is 1.88. The Hall–Kier alpha value is -3.41. The third-order valence-electron chi connectivity index (χ3n) is 3.73. The molecule has 0 aliphatic carbocycles. The summed E-state index contributed by atoms with van der Waals surface area (Å²) in [5.41, 5.74) is 6.19. The van der Waals surface area contributed by atoms with Crippen molar-refractivity contribution in [1.29, 1.82) is 0 Å². The van der Waals surface area contributed by atoms with Crippen LogP contribution in [0.5, 0.6) is 0 Å². The Kier molecular flexibility index (Phi) is 3.55. The maximum atomic E-state index is 11.7. The van der Waals surface area contributed by atoms with Gasteiger partial charge in [0, 0.05) is 11.8 Å². The normalized spacial score (nSPS) is 13.8. The molecule has 0 unspecified atom stereocenters. The minimum absolute atomic E-state index is 0.119. The number of carbonyl (C=O) groups excluding carboxylic acids is 1. The molecule has 0 saturated carbocycles. The van der Waals surface area contributed by atoms with Gasteiger partial charge in [-0.15, -0.1) is 0 Å². The van der Waals surface area contributed by atoms with Crippen molar-refractivity contribution < 1.29 is 4.79 Å². The number of benzene rings is 2. The molecule has 4 rings (SSSR count). The van der Waals surface area contributed by atoms with E-state index in [0.29, 0.717) is 5.84 Å². The number of aromatic nitrogens is 2. The first kappa shape index (κ1) is 14.2. The highest BCUT2D eigenvalue weighted by Gasteiger charge is 2.21. The number of amidine groups is 1. The molecule has 24 heavy (non-hydrogen) atoms. The molecule has 1 aromatic heterocycles. The molecule has 0 fully saturated rings. The van der Waals surface area contributed by atoms with Gasteiger partial charge in [0.25, 0.3) is 0 Å². The fourth-order valence-corrected chi connectivity index (χ4v) is 2.59. The lowest BCUT2D eigenvalue weighted by molar-refractivity contribution is -0.119. The fraction of sp³-hybridized carbons (Fsp3) is 0.0556. The number of rotatable bonds is 3. The lowest BCUT2D eigenvalue weighted by Crippen LogP contribution is -2.43. The predicted molar refractivity (Wildman–Crippen MR) is 91.7 cm³/mol. The maximum Gasteiger partial charge on any atom is 0.246 e. The molecule has 1 aliphatic rings. The van der Waals surface area contributed by atoms with Crippen LogP contribution in [0.3, 0.4) is 0 Å². The molecular formula is C18H15N5O. The van der Waals surface area contributed by atoms with E-state index in [4.69, 9.17) is 5.10 Å². The van der Waals surface area contributed by atoms with Crippen molar-refractivity contribution in [2.45, 2.75) is 0 Å². The number of hydrogen-bond acceptors (Lipinski definition) is 4. The van der Waals surface area contributed by atoms with Gasteiger partial charge >= 0.3 is 0 Å². The molecule has 2 aromatic carbocycles. The third-order valence-corrected chi connectivity index (χ3v) is 3.73.